The summed E-state index contributed by atoms with van der Waals surface area (Å²) in [4.78, 5) is 6.20. The molecule has 0 bridgehead atoms. The van der Waals surface area contributed by atoms with E-state index in [0.29, 0.717) is 0 Å². The zero-order chi connectivity index (χ0) is 17.7. The Morgan fingerprint density at radius 2 is 0.917 bits per heavy atom. The van der Waals surface area contributed by atoms with Gasteiger partial charge in [-0.25, -0.2) is 0 Å². The zero-order valence-corrected chi connectivity index (χ0v) is 17.4. The van der Waals surface area contributed by atoms with E-state index < -0.39 is 0 Å². The van der Waals surface area contributed by atoms with E-state index in [1.807, 2.05) is 38.0 Å². The van der Waals surface area contributed by atoms with Crippen LogP contribution in [0.15, 0.2) is 58.3 Å². The molecule has 0 spiro atoms. The third-order valence-corrected chi connectivity index (χ3v) is 6.51. The molecule has 24 heavy (non-hydrogen) atoms. The fourth-order valence-electron chi connectivity index (χ4n) is 1.82. The Morgan fingerprint density at radius 1 is 0.625 bits per heavy atom. The molecular weight excluding hydrogens is 372 g/mol. The van der Waals surface area contributed by atoms with Gasteiger partial charge >= 0.3 is 0 Å². The molecule has 0 heterocycles. The van der Waals surface area contributed by atoms with Gasteiger partial charge in [0.25, 0.3) is 0 Å². The van der Waals surface area contributed by atoms with Gasteiger partial charge in [-0.2, -0.15) is 0 Å². The second-order valence-corrected chi connectivity index (χ2v) is 8.99. The molecule has 0 saturated heterocycles. The second-order valence-electron chi connectivity index (χ2n) is 5.57. The van der Waals surface area contributed by atoms with E-state index in [2.05, 4.69) is 48.5 Å². The highest BCUT2D eigenvalue weighted by Crippen LogP contribution is 2.28. The number of thioether (sulfide) groups is 2. The van der Waals surface area contributed by atoms with Gasteiger partial charge < -0.3 is 9.80 Å². The van der Waals surface area contributed by atoms with Gasteiger partial charge in [0.15, 0.2) is 0 Å². The highest BCUT2D eigenvalue weighted by atomic mass is 32.2. The van der Waals surface area contributed by atoms with Gasteiger partial charge in [-0.3, -0.25) is 0 Å². The van der Waals surface area contributed by atoms with Gasteiger partial charge in [-0.1, -0.05) is 72.2 Å². The number of nitrogens with zero attached hydrogens (tertiary/aromatic N) is 2. The summed E-state index contributed by atoms with van der Waals surface area (Å²) >= 11 is 13.9. The minimum Gasteiger partial charge on any atom is -0.363 e. The van der Waals surface area contributed by atoms with Crippen molar-refractivity contribution in [3.05, 3.63) is 48.5 Å². The normalized spacial score (nSPS) is 10.3. The Balaban J connectivity index is 2.06. The van der Waals surface area contributed by atoms with Gasteiger partial charge in [-0.15, -0.1) is 0 Å². The molecule has 0 atom stereocenters. The first-order valence-electron chi connectivity index (χ1n) is 7.35. The van der Waals surface area contributed by atoms with Crippen molar-refractivity contribution in [3.8, 4) is 11.1 Å². The molecule has 2 aromatic rings. The monoisotopic (exact) mass is 392 g/mol. The van der Waals surface area contributed by atoms with Crippen LogP contribution in [-0.2, 0) is 0 Å². The van der Waals surface area contributed by atoms with Crippen LogP contribution in [0.2, 0.25) is 0 Å². The number of hydrogen-bond donors (Lipinski definition) is 0. The fraction of sp³-hybridized carbons (Fsp3) is 0.222. The third kappa shape index (κ3) is 5.48. The lowest BCUT2D eigenvalue weighted by Gasteiger charge is -2.13. The second kappa shape index (κ2) is 8.85. The van der Waals surface area contributed by atoms with E-state index in [0.717, 1.165) is 18.4 Å². The summed E-state index contributed by atoms with van der Waals surface area (Å²) in [5.41, 5.74) is 2.39. The Labute approximate surface area is 163 Å². The molecule has 0 aromatic heterocycles. The standard InChI is InChI=1S/C18H20N2S4/c1-19(2)17(21)23-15-9-5-13(6-10-15)14-7-11-16(12-8-14)24-18(22)20(3)4/h5-12H,1-4H3. The summed E-state index contributed by atoms with van der Waals surface area (Å²) in [7, 11) is 7.85. The maximum absolute atomic E-state index is 5.33. The summed E-state index contributed by atoms with van der Waals surface area (Å²) in [6.45, 7) is 0. The zero-order valence-electron chi connectivity index (χ0n) is 14.1. The summed E-state index contributed by atoms with van der Waals surface area (Å²) in [5, 5.41) is 0. The van der Waals surface area contributed by atoms with Crippen LogP contribution in [-0.4, -0.2) is 46.6 Å². The van der Waals surface area contributed by atoms with Crippen LogP contribution in [0.5, 0.6) is 0 Å². The SMILES string of the molecule is CN(C)C(=S)Sc1ccc(-c2ccc(SC(=S)N(C)C)cc2)cc1. The Hall–Kier alpha value is -1.08. The molecule has 0 saturated carbocycles. The topological polar surface area (TPSA) is 6.48 Å². The van der Waals surface area contributed by atoms with E-state index in [4.69, 9.17) is 24.4 Å². The minimum absolute atomic E-state index is 0.862. The first-order chi connectivity index (χ1) is 11.4. The van der Waals surface area contributed by atoms with Crippen molar-refractivity contribution in [2.45, 2.75) is 9.79 Å². The molecule has 0 N–H and O–H groups in total. The average molecular weight is 393 g/mol. The smallest absolute Gasteiger partial charge is 0.140 e. The van der Waals surface area contributed by atoms with Gasteiger partial charge in [0.1, 0.15) is 8.64 Å². The molecule has 126 valence electrons. The van der Waals surface area contributed by atoms with E-state index >= 15 is 0 Å². The van der Waals surface area contributed by atoms with E-state index in [1.165, 1.54) is 11.1 Å². The van der Waals surface area contributed by atoms with Gasteiger partial charge in [0.2, 0.25) is 0 Å². The van der Waals surface area contributed by atoms with Crippen LogP contribution in [0.25, 0.3) is 11.1 Å². The minimum atomic E-state index is 0.862. The summed E-state index contributed by atoms with van der Waals surface area (Å²) in [5.74, 6) is 0. The molecule has 6 heteroatoms. The number of thiocarbonyl (C=S) groups is 2. The van der Waals surface area contributed by atoms with Crippen LogP contribution >= 0.6 is 48.0 Å². The first-order valence-corrected chi connectivity index (χ1v) is 9.80. The fourth-order valence-corrected chi connectivity index (χ4v) is 3.71. The third-order valence-electron chi connectivity index (χ3n) is 3.18. The van der Waals surface area contributed by atoms with Crippen molar-refractivity contribution in [2.24, 2.45) is 0 Å². The molecule has 0 aliphatic rings. The van der Waals surface area contributed by atoms with E-state index in [1.54, 1.807) is 23.5 Å². The van der Waals surface area contributed by atoms with Crippen molar-refractivity contribution < 1.29 is 0 Å². The van der Waals surface area contributed by atoms with Gasteiger partial charge in [0.05, 0.1) is 0 Å². The van der Waals surface area contributed by atoms with Crippen LogP contribution in [0.4, 0.5) is 0 Å². The largest absolute Gasteiger partial charge is 0.363 e. The Kier molecular flexibility index (Phi) is 7.10. The van der Waals surface area contributed by atoms with Crippen molar-refractivity contribution in [2.75, 3.05) is 28.2 Å². The van der Waals surface area contributed by atoms with E-state index in [9.17, 15) is 0 Å². The van der Waals surface area contributed by atoms with Crippen LogP contribution in [0.3, 0.4) is 0 Å². The van der Waals surface area contributed by atoms with Crippen molar-refractivity contribution >= 4 is 56.6 Å². The molecule has 2 nitrogen and oxygen atoms in total. The highest BCUT2D eigenvalue weighted by molar-refractivity contribution is 8.23. The Bertz CT molecular complexity index is 643. The number of rotatable bonds is 3. The molecule has 2 rings (SSSR count). The lowest BCUT2D eigenvalue weighted by atomic mass is 10.1. The van der Waals surface area contributed by atoms with Crippen LogP contribution < -0.4 is 0 Å². The lowest BCUT2D eigenvalue weighted by molar-refractivity contribution is 0.648. The lowest BCUT2D eigenvalue weighted by Crippen LogP contribution is -2.15. The summed E-state index contributed by atoms with van der Waals surface area (Å²) in [6.07, 6.45) is 0. The molecule has 0 unspecified atom stereocenters. The molecule has 2 aromatic carbocycles. The molecule has 0 aliphatic heterocycles. The maximum Gasteiger partial charge on any atom is 0.140 e. The predicted octanol–water partition coefficient (Wildman–Crippen LogP) is 5.23. The van der Waals surface area contributed by atoms with Crippen molar-refractivity contribution in [1.82, 2.24) is 9.80 Å². The number of benzene rings is 2. The molecule has 0 radical (unpaired) electrons. The van der Waals surface area contributed by atoms with Crippen molar-refractivity contribution in [3.63, 3.8) is 0 Å². The average Bonchev–Trinajstić information content (AvgIpc) is 2.56. The molecule has 0 aliphatic carbocycles. The van der Waals surface area contributed by atoms with Crippen molar-refractivity contribution in [1.29, 1.82) is 0 Å². The Morgan fingerprint density at radius 3 is 1.17 bits per heavy atom. The molecule has 0 fully saturated rings. The predicted molar refractivity (Wildman–Crippen MR) is 116 cm³/mol. The van der Waals surface area contributed by atoms with Gasteiger partial charge in [0, 0.05) is 38.0 Å². The number of hydrogen-bond acceptors (Lipinski definition) is 4. The molecular formula is C18H20N2S4. The maximum atomic E-state index is 5.33. The van der Waals surface area contributed by atoms with Crippen LogP contribution in [0, 0.1) is 0 Å². The van der Waals surface area contributed by atoms with Gasteiger partial charge in [-0.05, 0) is 35.4 Å². The summed E-state index contributed by atoms with van der Waals surface area (Å²) in [6, 6.07) is 17.0. The summed E-state index contributed by atoms with van der Waals surface area (Å²) < 4.78 is 1.72. The van der Waals surface area contributed by atoms with Crippen LogP contribution in [0.1, 0.15) is 0 Å². The molecule has 0 amide bonds. The quantitative estimate of drug-likeness (QED) is 0.517. The highest BCUT2D eigenvalue weighted by Gasteiger charge is 2.05. The van der Waals surface area contributed by atoms with E-state index in [-0.39, 0.29) is 0 Å². The first kappa shape index (κ1) is 19.2.